The van der Waals surface area contributed by atoms with Crippen molar-refractivity contribution in [2.75, 3.05) is 26.2 Å². The Balaban J connectivity index is 1.59. The molecule has 0 aromatic heterocycles. The Morgan fingerprint density at radius 1 is 0.840 bits per heavy atom. The van der Waals surface area contributed by atoms with Gasteiger partial charge in [0.1, 0.15) is 5.75 Å². The minimum absolute atomic E-state index is 0.0123. The van der Waals surface area contributed by atoms with E-state index in [0.717, 1.165) is 12.0 Å². The molecule has 5 heteroatoms. The first-order valence-electron chi connectivity index (χ1n) is 8.51. The van der Waals surface area contributed by atoms with Crippen LogP contribution in [0.2, 0.25) is 0 Å². The van der Waals surface area contributed by atoms with Gasteiger partial charge < -0.3 is 14.5 Å². The second kappa shape index (κ2) is 7.83. The number of nitrogens with zero attached hydrogens (tertiary/aromatic N) is 2. The fraction of sp³-hybridized carbons (Fsp3) is 0.300. The normalized spacial score (nSPS) is 14.8. The van der Waals surface area contributed by atoms with Crippen molar-refractivity contribution in [1.82, 2.24) is 9.80 Å². The van der Waals surface area contributed by atoms with Gasteiger partial charge in [-0.05, 0) is 37.6 Å². The number of para-hydroxylation sites is 1. The molecule has 0 saturated carbocycles. The van der Waals surface area contributed by atoms with Gasteiger partial charge in [-0.3, -0.25) is 4.79 Å². The van der Waals surface area contributed by atoms with Crippen LogP contribution in [0.1, 0.15) is 22.3 Å². The molecule has 0 spiro atoms. The molecule has 1 heterocycles. The minimum atomic E-state index is -0.365. The van der Waals surface area contributed by atoms with Crippen LogP contribution in [-0.2, 0) is 0 Å². The molecule has 3 rings (SSSR count). The number of benzene rings is 2. The summed E-state index contributed by atoms with van der Waals surface area (Å²) >= 11 is 0. The molecule has 130 valence electrons. The number of carbonyl (C=O) groups excluding carboxylic acids is 2. The Kier molecular flexibility index (Phi) is 5.33. The zero-order chi connectivity index (χ0) is 17.6. The Bertz CT molecular complexity index is 728. The number of amides is 2. The lowest BCUT2D eigenvalue weighted by atomic mass is 10.1. The third-order valence-electron chi connectivity index (χ3n) is 4.29. The predicted octanol–water partition coefficient (Wildman–Crippen LogP) is 3.34. The number of rotatable bonds is 2. The molecule has 0 atom stereocenters. The highest BCUT2D eigenvalue weighted by atomic mass is 16.6. The van der Waals surface area contributed by atoms with Crippen LogP contribution >= 0.6 is 0 Å². The molecule has 2 amide bonds. The molecule has 0 bridgehead atoms. The molecule has 2 aromatic rings. The van der Waals surface area contributed by atoms with Crippen LogP contribution in [0, 0.1) is 6.92 Å². The molecule has 1 aliphatic heterocycles. The average molecular weight is 338 g/mol. The molecule has 1 fully saturated rings. The van der Waals surface area contributed by atoms with E-state index in [1.165, 1.54) is 0 Å². The van der Waals surface area contributed by atoms with E-state index in [2.05, 4.69) is 0 Å². The third kappa shape index (κ3) is 4.38. The second-order valence-corrected chi connectivity index (χ2v) is 6.18. The van der Waals surface area contributed by atoms with Gasteiger partial charge >= 0.3 is 6.09 Å². The number of aryl methyl sites for hydroxylation is 1. The molecule has 5 nitrogen and oxygen atoms in total. The summed E-state index contributed by atoms with van der Waals surface area (Å²) in [5.74, 6) is 0.544. The van der Waals surface area contributed by atoms with Gasteiger partial charge in [0.05, 0.1) is 0 Å². The lowest BCUT2D eigenvalue weighted by Gasteiger charge is -2.22. The highest BCUT2D eigenvalue weighted by Crippen LogP contribution is 2.13. The zero-order valence-electron chi connectivity index (χ0n) is 14.4. The molecule has 1 aliphatic rings. The van der Waals surface area contributed by atoms with Crippen molar-refractivity contribution in [3.63, 3.8) is 0 Å². The Morgan fingerprint density at radius 2 is 1.48 bits per heavy atom. The summed E-state index contributed by atoms with van der Waals surface area (Å²) in [6, 6.07) is 16.6. The number of hydrogen-bond acceptors (Lipinski definition) is 3. The van der Waals surface area contributed by atoms with Crippen LogP contribution in [0.5, 0.6) is 5.75 Å². The van der Waals surface area contributed by atoms with Gasteiger partial charge in [-0.1, -0.05) is 35.9 Å². The number of carbonyl (C=O) groups is 2. The van der Waals surface area contributed by atoms with E-state index >= 15 is 0 Å². The maximum absolute atomic E-state index is 12.6. The summed E-state index contributed by atoms with van der Waals surface area (Å²) in [5, 5.41) is 0. The maximum Gasteiger partial charge on any atom is 0.415 e. The van der Waals surface area contributed by atoms with Crippen molar-refractivity contribution in [2.45, 2.75) is 13.3 Å². The van der Waals surface area contributed by atoms with Gasteiger partial charge in [-0.2, -0.15) is 0 Å². The number of ether oxygens (including phenoxy) is 1. The quantitative estimate of drug-likeness (QED) is 0.844. The van der Waals surface area contributed by atoms with E-state index in [9.17, 15) is 9.59 Å². The fourth-order valence-corrected chi connectivity index (χ4v) is 2.84. The molecule has 2 aromatic carbocycles. The van der Waals surface area contributed by atoms with Crippen molar-refractivity contribution in [3.05, 3.63) is 65.7 Å². The topological polar surface area (TPSA) is 49.9 Å². The van der Waals surface area contributed by atoms with Crippen LogP contribution in [0.3, 0.4) is 0 Å². The summed E-state index contributed by atoms with van der Waals surface area (Å²) < 4.78 is 5.39. The van der Waals surface area contributed by atoms with Gasteiger partial charge in [0.15, 0.2) is 0 Å². The molecule has 25 heavy (non-hydrogen) atoms. The summed E-state index contributed by atoms with van der Waals surface area (Å²) in [6.45, 7) is 4.21. The lowest BCUT2D eigenvalue weighted by Crippen LogP contribution is -2.38. The smallest absolute Gasteiger partial charge is 0.410 e. The third-order valence-corrected chi connectivity index (χ3v) is 4.29. The molecule has 0 unspecified atom stereocenters. The first-order chi connectivity index (χ1) is 12.1. The van der Waals surface area contributed by atoms with E-state index in [0.29, 0.717) is 37.5 Å². The average Bonchev–Trinajstić information content (AvgIpc) is 2.89. The van der Waals surface area contributed by atoms with E-state index in [4.69, 9.17) is 4.74 Å². The summed E-state index contributed by atoms with van der Waals surface area (Å²) in [6.07, 6.45) is 0.373. The Morgan fingerprint density at radius 3 is 2.20 bits per heavy atom. The predicted molar refractivity (Wildman–Crippen MR) is 95.7 cm³/mol. The minimum Gasteiger partial charge on any atom is -0.410 e. The zero-order valence-corrected chi connectivity index (χ0v) is 14.4. The first-order valence-corrected chi connectivity index (χ1v) is 8.51. The van der Waals surface area contributed by atoms with Crippen molar-refractivity contribution in [2.24, 2.45) is 0 Å². The van der Waals surface area contributed by atoms with Gasteiger partial charge in [0.25, 0.3) is 5.91 Å². The summed E-state index contributed by atoms with van der Waals surface area (Å²) in [7, 11) is 0. The molecule has 0 radical (unpaired) electrons. The highest BCUT2D eigenvalue weighted by molar-refractivity contribution is 5.94. The molecular formula is C20H22N2O3. The van der Waals surface area contributed by atoms with Crippen molar-refractivity contribution >= 4 is 12.0 Å². The van der Waals surface area contributed by atoms with Gasteiger partial charge in [-0.25, -0.2) is 4.79 Å². The lowest BCUT2D eigenvalue weighted by molar-refractivity contribution is 0.0760. The monoisotopic (exact) mass is 338 g/mol. The van der Waals surface area contributed by atoms with Crippen LogP contribution in [-0.4, -0.2) is 48.0 Å². The van der Waals surface area contributed by atoms with Crippen molar-refractivity contribution < 1.29 is 14.3 Å². The van der Waals surface area contributed by atoms with Crippen LogP contribution in [0.15, 0.2) is 54.6 Å². The van der Waals surface area contributed by atoms with E-state index in [1.807, 2.05) is 49.4 Å². The first kappa shape index (κ1) is 17.0. The highest BCUT2D eigenvalue weighted by Gasteiger charge is 2.23. The SMILES string of the molecule is Cc1ccc(C(=O)N2CCCN(C(=O)Oc3ccccc3)CC2)cc1. The van der Waals surface area contributed by atoms with E-state index < -0.39 is 0 Å². The molecular weight excluding hydrogens is 316 g/mol. The Labute approximate surface area is 147 Å². The second-order valence-electron chi connectivity index (χ2n) is 6.18. The van der Waals surface area contributed by atoms with Gasteiger partial charge in [0.2, 0.25) is 0 Å². The van der Waals surface area contributed by atoms with E-state index in [1.54, 1.807) is 21.9 Å². The van der Waals surface area contributed by atoms with Crippen molar-refractivity contribution in [1.29, 1.82) is 0 Å². The summed E-state index contributed by atoms with van der Waals surface area (Å²) in [5.41, 5.74) is 1.81. The van der Waals surface area contributed by atoms with E-state index in [-0.39, 0.29) is 12.0 Å². The van der Waals surface area contributed by atoms with Gasteiger partial charge in [-0.15, -0.1) is 0 Å². The maximum atomic E-state index is 12.6. The van der Waals surface area contributed by atoms with Crippen LogP contribution in [0.4, 0.5) is 4.79 Å². The molecule has 1 saturated heterocycles. The number of hydrogen-bond donors (Lipinski definition) is 0. The van der Waals surface area contributed by atoms with Crippen LogP contribution in [0.25, 0.3) is 0 Å². The standard InChI is InChI=1S/C20H22N2O3/c1-16-8-10-17(11-9-16)19(23)21-12-5-13-22(15-14-21)20(24)25-18-6-3-2-4-7-18/h2-4,6-11H,5,12-15H2,1H3. The molecule has 0 N–H and O–H groups in total. The molecule has 0 aliphatic carbocycles. The summed E-state index contributed by atoms with van der Waals surface area (Å²) in [4.78, 5) is 28.4. The van der Waals surface area contributed by atoms with Crippen LogP contribution < -0.4 is 4.74 Å². The van der Waals surface area contributed by atoms with Gasteiger partial charge in [0, 0.05) is 31.7 Å². The fourth-order valence-electron chi connectivity index (χ4n) is 2.84. The Hall–Kier alpha value is -2.82. The largest absolute Gasteiger partial charge is 0.415 e. The van der Waals surface area contributed by atoms with Crippen molar-refractivity contribution in [3.8, 4) is 5.75 Å².